The number of nitrogens with two attached hydrogens (primary N) is 4. The number of rotatable bonds is 16. The number of guanidine groups is 1. The lowest BCUT2D eigenvalue weighted by Gasteiger charge is -2.20. The summed E-state index contributed by atoms with van der Waals surface area (Å²) in [5.41, 5.74) is 21.3. The molecule has 0 aromatic heterocycles. The maximum Gasteiger partial charge on any atom is 0.326 e. The zero-order valence-electron chi connectivity index (χ0n) is 17.4. The molecule has 0 spiro atoms. The summed E-state index contributed by atoms with van der Waals surface area (Å²) in [6.07, 6.45) is 1.81. The third-order valence-electron chi connectivity index (χ3n) is 4.12. The van der Waals surface area contributed by atoms with E-state index >= 15 is 0 Å². The standard InChI is InChI=1S/C17H34N8O6/c18-6-2-1-4-12(16(30)31)24-13(27)8-23-15(29)11(5-3-7-22-17(20)21)25-14(28)10(19)9-26/h10-12,26H,1-9,18-19H2,(H,23,29)(H,24,27)(H,25,28)(H,30,31)(H4,20,21,22). The third kappa shape index (κ3) is 13.0. The Morgan fingerprint density at radius 2 is 1.58 bits per heavy atom. The second kappa shape index (κ2) is 15.8. The van der Waals surface area contributed by atoms with E-state index in [-0.39, 0.29) is 25.3 Å². The fourth-order valence-corrected chi connectivity index (χ4v) is 2.42. The molecule has 14 nitrogen and oxygen atoms in total. The van der Waals surface area contributed by atoms with E-state index in [0.29, 0.717) is 25.8 Å². The molecule has 0 aliphatic carbocycles. The van der Waals surface area contributed by atoms with E-state index in [9.17, 15) is 24.3 Å². The van der Waals surface area contributed by atoms with Crippen LogP contribution in [0.4, 0.5) is 0 Å². The van der Waals surface area contributed by atoms with Gasteiger partial charge in [0.15, 0.2) is 5.96 Å². The zero-order valence-corrected chi connectivity index (χ0v) is 17.4. The van der Waals surface area contributed by atoms with Crippen molar-refractivity contribution in [2.75, 3.05) is 26.2 Å². The van der Waals surface area contributed by atoms with Gasteiger partial charge >= 0.3 is 5.97 Å². The van der Waals surface area contributed by atoms with Gasteiger partial charge in [0.05, 0.1) is 13.2 Å². The van der Waals surface area contributed by atoms with Gasteiger partial charge in [-0.25, -0.2) is 4.79 Å². The second-order valence-corrected chi connectivity index (χ2v) is 6.76. The Balaban J connectivity index is 4.82. The van der Waals surface area contributed by atoms with E-state index in [1.54, 1.807) is 0 Å². The van der Waals surface area contributed by atoms with Crippen LogP contribution in [-0.4, -0.2) is 84.2 Å². The van der Waals surface area contributed by atoms with Crippen molar-refractivity contribution in [2.45, 2.75) is 50.2 Å². The number of aliphatic hydroxyl groups excluding tert-OH is 1. The van der Waals surface area contributed by atoms with Gasteiger partial charge in [0, 0.05) is 6.54 Å². The number of carboxylic acid groups (broad SMARTS) is 1. The molecule has 0 saturated carbocycles. The summed E-state index contributed by atoms with van der Waals surface area (Å²) in [6.45, 7) is -0.493. The van der Waals surface area contributed by atoms with E-state index in [1.165, 1.54) is 0 Å². The largest absolute Gasteiger partial charge is 0.480 e. The molecule has 0 bridgehead atoms. The second-order valence-electron chi connectivity index (χ2n) is 6.76. The first kappa shape index (κ1) is 28.0. The molecule has 0 heterocycles. The lowest BCUT2D eigenvalue weighted by molar-refractivity contribution is -0.142. The third-order valence-corrected chi connectivity index (χ3v) is 4.12. The van der Waals surface area contributed by atoms with Gasteiger partial charge in [-0.1, -0.05) is 0 Å². The van der Waals surface area contributed by atoms with Gasteiger partial charge in [-0.3, -0.25) is 19.4 Å². The zero-order chi connectivity index (χ0) is 23.8. The van der Waals surface area contributed by atoms with Crippen LogP contribution in [0.1, 0.15) is 32.1 Å². The number of hydrogen-bond donors (Lipinski definition) is 9. The number of unbranched alkanes of at least 4 members (excludes halogenated alkanes) is 1. The molecule has 0 aromatic carbocycles. The molecule has 178 valence electrons. The van der Waals surface area contributed by atoms with E-state index in [2.05, 4.69) is 20.9 Å². The average molecular weight is 447 g/mol. The maximum atomic E-state index is 12.4. The summed E-state index contributed by atoms with van der Waals surface area (Å²) < 4.78 is 0. The molecular formula is C17H34N8O6. The van der Waals surface area contributed by atoms with Crippen molar-refractivity contribution >= 4 is 29.7 Å². The highest BCUT2D eigenvalue weighted by Gasteiger charge is 2.24. The fraction of sp³-hybridized carbons (Fsp3) is 0.706. The van der Waals surface area contributed by atoms with Gasteiger partial charge < -0.3 is 49.1 Å². The molecule has 0 radical (unpaired) electrons. The minimum absolute atomic E-state index is 0.122. The van der Waals surface area contributed by atoms with E-state index in [4.69, 9.17) is 28.0 Å². The summed E-state index contributed by atoms with van der Waals surface area (Å²) in [5.74, 6) is -3.46. The normalized spacial score (nSPS) is 13.4. The minimum Gasteiger partial charge on any atom is -0.480 e. The molecule has 0 saturated heterocycles. The quantitative estimate of drug-likeness (QED) is 0.0624. The molecule has 0 fully saturated rings. The van der Waals surface area contributed by atoms with Crippen LogP contribution in [0.3, 0.4) is 0 Å². The summed E-state index contributed by atoms with van der Waals surface area (Å²) in [4.78, 5) is 51.4. The Morgan fingerprint density at radius 3 is 2.13 bits per heavy atom. The van der Waals surface area contributed by atoms with Crippen molar-refractivity contribution in [3.63, 3.8) is 0 Å². The number of carbonyl (C=O) groups is 4. The van der Waals surface area contributed by atoms with Crippen LogP contribution in [-0.2, 0) is 19.2 Å². The van der Waals surface area contributed by atoms with E-state index in [0.717, 1.165) is 0 Å². The van der Waals surface area contributed by atoms with Crippen LogP contribution in [0.15, 0.2) is 4.99 Å². The van der Waals surface area contributed by atoms with Crippen molar-refractivity contribution in [2.24, 2.45) is 27.9 Å². The summed E-state index contributed by atoms with van der Waals surface area (Å²) in [5, 5.41) is 25.2. The lowest BCUT2D eigenvalue weighted by atomic mass is 10.1. The smallest absolute Gasteiger partial charge is 0.326 e. The molecular weight excluding hydrogens is 412 g/mol. The number of carbonyl (C=O) groups excluding carboxylic acids is 3. The maximum absolute atomic E-state index is 12.4. The van der Waals surface area contributed by atoms with Gasteiger partial charge in [0.1, 0.15) is 18.1 Å². The van der Waals surface area contributed by atoms with Crippen LogP contribution in [0.5, 0.6) is 0 Å². The number of nitrogens with zero attached hydrogens (tertiary/aromatic N) is 1. The first-order valence-corrected chi connectivity index (χ1v) is 9.84. The fourth-order valence-electron chi connectivity index (χ4n) is 2.42. The summed E-state index contributed by atoms with van der Waals surface area (Å²) in [7, 11) is 0. The number of aliphatic imine (C=N–C) groups is 1. The molecule has 3 atom stereocenters. The van der Waals surface area contributed by atoms with Gasteiger partial charge in [0.25, 0.3) is 0 Å². The van der Waals surface area contributed by atoms with Crippen LogP contribution in [0.2, 0.25) is 0 Å². The van der Waals surface area contributed by atoms with Crippen LogP contribution >= 0.6 is 0 Å². The molecule has 0 rings (SSSR count). The first-order chi connectivity index (χ1) is 14.6. The number of aliphatic carboxylic acids is 1. The lowest BCUT2D eigenvalue weighted by Crippen LogP contribution is -2.54. The van der Waals surface area contributed by atoms with Crippen molar-refractivity contribution in [1.82, 2.24) is 16.0 Å². The van der Waals surface area contributed by atoms with Gasteiger partial charge in [-0.2, -0.15) is 0 Å². The average Bonchev–Trinajstić information content (AvgIpc) is 2.72. The van der Waals surface area contributed by atoms with Crippen molar-refractivity contribution < 1.29 is 29.4 Å². The molecule has 0 aliphatic heterocycles. The topological polar surface area (TPSA) is 261 Å². The SMILES string of the molecule is NCCCCC(NC(=O)CNC(=O)C(CCCN=C(N)N)NC(=O)C(N)CO)C(=O)O. The Bertz CT molecular complexity index is 626. The van der Waals surface area contributed by atoms with Crippen molar-refractivity contribution in [3.05, 3.63) is 0 Å². The van der Waals surface area contributed by atoms with Crippen molar-refractivity contribution in [1.29, 1.82) is 0 Å². The van der Waals surface area contributed by atoms with Gasteiger partial charge in [-0.15, -0.1) is 0 Å². The first-order valence-electron chi connectivity index (χ1n) is 9.84. The Labute approximate surface area is 180 Å². The number of hydrogen-bond acceptors (Lipinski definition) is 8. The van der Waals surface area contributed by atoms with Crippen LogP contribution in [0.25, 0.3) is 0 Å². The van der Waals surface area contributed by atoms with E-state index in [1.807, 2.05) is 0 Å². The molecule has 3 amide bonds. The number of nitrogens with one attached hydrogen (secondary N) is 3. The summed E-state index contributed by atoms with van der Waals surface area (Å²) >= 11 is 0. The van der Waals surface area contributed by atoms with Crippen molar-refractivity contribution in [3.8, 4) is 0 Å². The molecule has 0 aliphatic rings. The Kier molecular flexibility index (Phi) is 14.3. The Morgan fingerprint density at radius 1 is 0.935 bits per heavy atom. The monoisotopic (exact) mass is 446 g/mol. The molecule has 3 unspecified atom stereocenters. The van der Waals surface area contributed by atoms with Gasteiger partial charge in [-0.05, 0) is 38.6 Å². The number of carboxylic acids is 1. The Hall–Kier alpha value is -2.97. The molecule has 14 heteroatoms. The molecule has 13 N–H and O–H groups in total. The highest BCUT2D eigenvalue weighted by molar-refractivity contribution is 5.92. The highest BCUT2D eigenvalue weighted by Crippen LogP contribution is 2.02. The highest BCUT2D eigenvalue weighted by atomic mass is 16.4. The minimum atomic E-state index is -1.22. The van der Waals surface area contributed by atoms with Crippen LogP contribution in [0, 0.1) is 0 Å². The van der Waals surface area contributed by atoms with Crippen LogP contribution < -0.4 is 38.9 Å². The number of aliphatic hydroxyl groups is 1. The number of amides is 3. The van der Waals surface area contributed by atoms with Gasteiger partial charge in [0.2, 0.25) is 17.7 Å². The summed E-state index contributed by atoms with van der Waals surface area (Å²) in [6, 6.07) is -3.39. The van der Waals surface area contributed by atoms with E-state index < -0.39 is 55.0 Å². The molecule has 0 aromatic rings. The molecule has 31 heavy (non-hydrogen) atoms. The predicted octanol–water partition coefficient (Wildman–Crippen LogP) is -4.34. The predicted molar refractivity (Wildman–Crippen MR) is 112 cm³/mol.